The van der Waals surface area contributed by atoms with Gasteiger partial charge in [-0.25, -0.2) is 4.99 Å². The summed E-state index contributed by atoms with van der Waals surface area (Å²) in [5, 5.41) is 2.68. The molecule has 1 amide bonds. The van der Waals surface area contributed by atoms with Crippen LogP contribution in [0.4, 0.5) is 0 Å². The second-order valence-corrected chi connectivity index (χ2v) is 6.16. The highest BCUT2D eigenvalue weighted by molar-refractivity contribution is 6.44. The molecule has 0 aromatic heterocycles. The maximum absolute atomic E-state index is 12.3. The number of aryl methyl sites for hydroxylation is 1. The predicted molar refractivity (Wildman–Crippen MR) is 95.1 cm³/mol. The molecular formula is C17H17Cl2N3O. The lowest BCUT2D eigenvalue weighted by atomic mass is 10.1. The van der Waals surface area contributed by atoms with E-state index in [0.29, 0.717) is 5.56 Å². The highest BCUT2D eigenvalue weighted by atomic mass is 35.5. The number of hydrogen-bond acceptors (Lipinski definition) is 2. The lowest BCUT2D eigenvalue weighted by Gasteiger charge is -2.17. The number of rotatable bonds is 5. The summed E-state index contributed by atoms with van der Waals surface area (Å²) in [4.78, 5) is 15.6. The minimum Gasteiger partial charge on any atom is -0.383 e. The standard InChI is InChI=1S/C17H17Cl2N3O/c1-11-7-9-13(10-8-11)17(23)22-16(14(18)19)21-15(20)12-5-3-2-4-6-12/h2-10,14,16H,1H3,(H2,20,21)(H,22,23)/t16-/m1/s1. The van der Waals surface area contributed by atoms with Crippen LogP contribution in [0.25, 0.3) is 0 Å². The third-order valence-electron chi connectivity index (χ3n) is 3.18. The predicted octanol–water partition coefficient (Wildman–Crippen LogP) is 3.26. The highest BCUT2D eigenvalue weighted by Gasteiger charge is 2.20. The first kappa shape index (κ1) is 17.3. The number of aliphatic imine (C=N–C) groups is 1. The van der Waals surface area contributed by atoms with E-state index in [-0.39, 0.29) is 11.7 Å². The Morgan fingerprint density at radius 2 is 1.65 bits per heavy atom. The Balaban J connectivity index is 2.16. The van der Waals surface area contributed by atoms with E-state index in [0.717, 1.165) is 11.1 Å². The van der Waals surface area contributed by atoms with E-state index >= 15 is 0 Å². The van der Waals surface area contributed by atoms with Gasteiger partial charge in [-0.15, -0.1) is 23.2 Å². The maximum Gasteiger partial charge on any atom is 0.252 e. The smallest absolute Gasteiger partial charge is 0.252 e. The van der Waals surface area contributed by atoms with Gasteiger partial charge in [0.1, 0.15) is 10.7 Å². The topological polar surface area (TPSA) is 67.5 Å². The molecule has 0 aliphatic carbocycles. The number of carbonyl (C=O) groups excluding carboxylic acids is 1. The molecule has 4 nitrogen and oxygen atoms in total. The van der Waals surface area contributed by atoms with Crippen LogP contribution in [0, 0.1) is 6.92 Å². The van der Waals surface area contributed by atoms with Crippen LogP contribution in [0.15, 0.2) is 59.6 Å². The van der Waals surface area contributed by atoms with Gasteiger partial charge < -0.3 is 11.1 Å². The molecule has 0 radical (unpaired) electrons. The highest BCUT2D eigenvalue weighted by Crippen LogP contribution is 2.12. The number of nitrogens with zero attached hydrogens (tertiary/aromatic N) is 1. The van der Waals surface area contributed by atoms with E-state index < -0.39 is 11.0 Å². The summed E-state index contributed by atoms with van der Waals surface area (Å²) in [5.41, 5.74) is 8.25. The van der Waals surface area contributed by atoms with Gasteiger partial charge in [0.25, 0.3) is 5.91 Å². The molecule has 0 saturated heterocycles. The van der Waals surface area contributed by atoms with Gasteiger partial charge in [-0.05, 0) is 19.1 Å². The molecule has 0 fully saturated rings. The zero-order chi connectivity index (χ0) is 16.8. The van der Waals surface area contributed by atoms with Gasteiger partial charge in [-0.3, -0.25) is 4.79 Å². The summed E-state index contributed by atoms with van der Waals surface area (Å²) < 4.78 is 0. The van der Waals surface area contributed by atoms with Crippen molar-refractivity contribution in [3.05, 3.63) is 71.3 Å². The minimum atomic E-state index is -0.924. The van der Waals surface area contributed by atoms with Gasteiger partial charge in [0, 0.05) is 11.1 Å². The van der Waals surface area contributed by atoms with Crippen molar-refractivity contribution in [1.82, 2.24) is 5.32 Å². The molecule has 2 rings (SSSR count). The fourth-order valence-electron chi connectivity index (χ4n) is 1.91. The summed E-state index contributed by atoms with van der Waals surface area (Å²) in [6.07, 6.45) is -0.840. The Hall–Kier alpha value is -2.04. The Morgan fingerprint density at radius 1 is 1.04 bits per heavy atom. The van der Waals surface area contributed by atoms with E-state index in [9.17, 15) is 4.79 Å². The molecule has 3 N–H and O–H groups in total. The van der Waals surface area contributed by atoms with Crippen molar-refractivity contribution in [2.75, 3.05) is 0 Å². The van der Waals surface area contributed by atoms with Gasteiger partial charge in [-0.1, -0.05) is 48.0 Å². The van der Waals surface area contributed by atoms with Crippen molar-refractivity contribution in [1.29, 1.82) is 0 Å². The van der Waals surface area contributed by atoms with Gasteiger partial charge in [0.2, 0.25) is 0 Å². The third-order valence-corrected chi connectivity index (χ3v) is 3.66. The van der Waals surface area contributed by atoms with Gasteiger partial charge in [0.05, 0.1) is 0 Å². The number of amides is 1. The SMILES string of the molecule is Cc1ccc(C(=O)N[C@@H](N=C(N)c2ccccc2)C(Cl)Cl)cc1. The van der Waals surface area contributed by atoms with Crippen molar-refractivity contribution in [3.63, 3.8) is 0 Å². The van der Waals surface area contributed by atoms with E-state index in [1.807, 2.05) is 49.4 Å². The third kappa shape index (κ3) is 4.98. The second-order valence-electron chi connectivity index (χ2n) is 5.00. The molecule has 2 aromatic rings. The largest absolute Gasteiger partial charge is 0.383 e. The van der Waals surface area contributed by atoms with Crippen molar-refractivity contribution in [2.24, 2.45) is 10.7 Å². The van der Waals surface area contributed by atoms with E-state index in [4.69, 9.17) is 28.9 Å². The summed E-state index contributed by atoms with van der Waals surface area (Å²) >= 11 is 11.8. The quantitative estimate of drug-likeness (QED) is 0.494. The monoisotopic (exact) mass is 349 g/mol. The number of carbonyl (C=O) groups is 1. The van der Waals surface area contributed by atoms with Crippen LogP contribution in [0.2, 0.25) is 0 Å². The number of amidine groups is 1. The summed E-state index contributed by atoms with van der Waals surface area (Å²) in [7, 11) is 0. The molecule has 0 aliphatic rings. The number of nitrogens with one attached hydrogen (secondary N) is 1. The summed E-state index contributed by atoms with van der Waals surface area (Å²) in [5.74, 6) is -0.0583. The zero-order valence-electron chi connectivity index (χ0n) is 12.5. The number of alkyl halides is 2. The van der Waals surface area contributed by atoms with Gasteiger partial charge in [-0.2, -0.15) is 0 Å². The minimum absolute atomic E-state index is 0.256. The summed E-state index contributed by atoms with van der Waals surface area (Å²) in [6.45, 7) is 1.95. The normalized spacial score (nSPS) is 13.0. The van der Waals surface area contributed by atoms with Gasteiger partial charge >= 0.3 is 0 Å². The molecule has 0 heterocycles. The van der Waals surface area contributed by atoms with E-state index in [1.165, 1.54) is 0 Å². The van der Waals surface area contributed by atoms with Crippen LogP contribution in [0.5, 0.6) is 0 Å². The molecule has 6 heteroatoms. The average Bonchev–Trinajstić information content (AvgIpc) is 2.55. The fourth-order valence-corrected chi connectivity index (χ4v) is 2.15. The second kappa shape index (κ2) is 7.99. The Kier molecular flexibility index (Phi) is 6.02. The lowest BCUT2D eigenvalue weighted by Crippen LogP contribution is -2.39. The lowest BCUT2D eigenvalue weighted by molar-refractivity contribution is 0.0940. The first-order valence-corrected chi connectivity index (χ1v) is 7.89. The van der Waals surface area contributed by atoms with E-state index in [1.54, 1.807) is 12.1 Å². The Bertz CT molecular complexity index is 685. The van der Waals surface area contributed by atoms with Gasteiger partial charge in [0.15, 0.2) is 6.17 Å². The van der Waals surface area contributed by atoms with Crippen molar-refractivity contribution in [3.8, 4) is 0 Å². The molecule has 0 spiro atoms. The number of halogens is 2. The van der Waals surface area contributed by atoms with E-state index in [2.05, 4.69) is 10.3 Å². The first-order valence-electron chi connectivity index (χ1n) is 7.02. The van der Waals surface area contributed by atoms with Crippen molar-refractivity contribution >= 4 is 34.9 Å². The maximum atomic E-state index is 12.3. The first-order chi connectivity index (χ1) is 11.0. The van der Waals surface area contributed by atoms with Crippen molar-refractivity contribution < 1.29 is 4.79 Å². The number of hydrogen-bond donors (Lipinski definition) is 2. The molecule has 1 atom stereocenters. The van der Waals surface area contributed by atoms with Crippen LogP contribution in [0.3, 0.4) is 0 Å². The molecule has 0 bridgehead atoms. The fraction of sp³-hybridized carbons (Fsp3) is 0.176. The molecule has 2 aromatic carbocycles. The average molecular weight is 350 g/mol. The molecular weight excluding hydrogens is 333 g/mol. The Labute approximate surface area is 145 Å². The van der Waals surface area contributed by atoms with Crippen LogP contribution < -0.4 is 11.1 Å². The zero-order valence-corrected chi connectivity index (χ0v) is 14.1. The number of nitrogens with two attached hydrogens (primary N) is 1. The Morgan fingerprint density at radius 3 is 2.22 bits per heavy atom. The van der Waals surface area contributed by atoms with Crippen LogP contribution in [0.1, 0.15) is 21.5 Å². The van der Waals surface area contributed by atoms with Crippen molar-refractivity contribution in [2.45, 2.75) is 17.9 Å². The molecule has 120 valence electrons. The number of benzene rings is 2. The molecule has 23 heavy (non-hydrogen) atoms. The van der Waals surface area contributed by atoms with Crippen LogP contribution >= 0.6 is 23.2 Å². The van der Waals surface area contributed by atoms with Crippen LogP contribution in [-0.2, 0) is 0 Å². The summed E-state index contributed by atoms with van der Waals surface area (Å²) in [6, 6.07) is 16.3. The molecule has 0 unspecified atom stereocenters. The molecule has 0 saturated carbocycles. The van der Waals surface area contributed by atoms with Crippen LogP contribution in [-0.4, -0.2) is 22.7 Å². The molecule has 0 aliphatic heterocycles.